The predicted molar refractivity (Wildman–Crippen MR) is 70.8 cm³/mol. The van der Waals surface area contributed by atoms with Gasteiger partial charge in [-0.25, -0.2) is 0 Å². The summed E-state index contributed by atoms with van der Waals surface area (Å²) in [5.41, 5.74) is 0. The molecule has 0 saturated carbocycles. The number of hydrogen-bond acceptors (Lipinski definition) is 3. The molecule has 0 aromatic carbocycles. The lowest BCUT2D eigenvalue weighted by atomic mass is 10.2. The molecule has 1 heterocycles. The lowest BCUT2D eigenvalue weighted by Crippen LogP contribution is -2.37. The molecule has 1 unspecified atom stereocenters. The first-order chi connectivity index (χ1) is 7.36. The van der Waals surface area contributed by atoms with Crippen molar-refractivity contribution in [2.75, 3.05) is 38.2 Å². The summed E-state index contributed by atoms with van der Waals surface area (Å²) in [7, 11) is 0. The Morgan fingerprint density at radius 1 is 1.40 bits per heavy atom. The van der Waals surface area contributed by atoms with Gasteiger partial charge in [-0.2, -0.15) is 11.8 Å². The Labute approximate surface area is 99.2 Å². The van der Waals surface area contributed by atoms with Gasteiger partial charge in [-0.05, 0) is 57.3 Å². The van der Waals surface area contributed by atoms with Crippen molar-refractivity contribution >= 4 is 11.8 Å². The van der Waals surface area contributed by atoms with Crippen LogP contribution in [-0.4, -0.2) is 49.1 Å². The molecular formula is C12H26N2S. The Morgan fingerprint density at radius 2 is 2.27 bits per heavy atom. The van der Waals surface area contributed by atoms with Crippen LogP contribution in [-0.2, 0) is 0 Å². The molecule has 1 atom stereocenters. The van der Waals surface area contributed by atoms with Crippen molar-refractivity contribution in [2.45, 2.75) is 38.6 Å². The van der Waals surface area contributed by atoms with E-state index in [0.717, 1.165) is 6.04 Å². The Hall–Kier alpha value is 0.270. The van der Waals surface area contributed by atoms with Crippen molar-refractivity contribution in [3.63, 3.8) is 0 Å². The highest BCUT2D eigenvalue weighted by Gasteiger charge is 2.16. The van der Waals surface area contributed by atoms with Gasteiger partial charge in [0.15, 0.2) is 0 Å². The summed E-state index contributed by atoms with van der Waals surface area (Å²) in [6.45, 7) is 7.26. The molecule has 3 heteroatoms. The van der Waals surface area contributed by atoms with Gasteiger partial charge < -0.3 is 10.2 Å². The molecule has 90 valence electrons. The number of likely N-dealkylation sites (N-methyl/N-ethyl adjacent to an activating group) is 1. The van der Waals surface area contributed by atoms with Crippen LogP contribution >= 0.6 is 11.8 Å². The van der Waals surface area contributed by atoms with Crippen LogP contribution < -0.4 is 5.32 Å². The van der Waals surface area contributed by atoms with Crippen LogP contribution in [0.5, 0.6) is 0 Å². The van der Waals surface area contributed by atoms with Crippen molar-refractivity contribution in [3.8, 4) is 0 Å². The largest absolute Gasteiger partial charge is 0.313 e. The van der Waals surface area contributed by atoms with E-state index in [0.29, 0.717) is 0 Å². The monoisotopic (exact) mass is 230 g/mol. The Balaban J connectivity index is 2.06. The summed E-state index contributed by atoms with van der Waals surface area (Å²) in [5, 5.41) is 3.58. The number of nitrogens with one attached hydrogen (secondary N) is 1. The maximum atomic E-state index is 3.58. The van der Waals surface area contributed by atoms with Gasteiger partial charge in [0.2, 0.25) is 0 Å². The van der Waals surface area contributed by atoms with Crippen LogP contribution in [0.1, 0.15) is 32.6 Å². The van der Waals surface area contributed by atoms with Gasteiger partial charge in [0.05, 0.1) is 0 Å². The van der Waals surface area contributed by atoms with E-state index in [9.17, 15) is 0 Å². The molecule has 0 amide bonds. The van der Waals surface area contributed by atoms with Crippen molar-refractivity contribution in [2.24, 2.45) is 0 Å². The molecule has 0 aromatic rings. The quantitative estimate of drug-likeness (QED) is 0.644. The van der Waals surface area contributed by atoms with E-state index in [1.165, 1.54) is 57.6 Å². The van der Waals surface area contributed by atoms with Crippen LogP contribution in [0.25, 0.3) is 0 Å². The fourth-order valence-corrected chi connectivity index (χ4v) is 2.68. The fourth-order valence-electron chi connectivity index (χ4n) is 2.18. The molecule has 1 saturated heterocycles. The van der Waals surface area contributed by atoms with E-state index in [2.05, 4.69) is 23.4 Å². The van der Waals surface area contributed by atoms with Gasteiger partial charge in [-0.15, -0.1) is 0 Å². The first-order valence-electron chi connectivity index (χ1n) is 6.31. The maximum absolute atomic E-state index is 3.58. The molecule has 0 aliphatic carbocycles. The van der Waals surface area contributed by atoms with Crippen LogP contribution in [0, 0.1) is 0 Å². The van der Waals surface area contributed by atoms with E-state index in [1.54, 1.807) is 0 Å². The van der Waals surface area contributed by atoms with E-state index in [4.69, 9.17) is 0 Å². The molecule has 1 rings (SSSR count). The predicted octanol–water partition coefficient (Wildman–Crippen LogP) is 2.20. The second-order valence-electron chi connectivity index (χ2n) is 4.39. The summed E-state index contributed by atoms with van der Waals surface area (Å²) in [6, 6.07) is 0.769. The molecule has 0 bridgehead atoms. The zero-order valence-electron chi connectivity index (χ0n) is 10.3. The topological polar surface area (TPSA) is 15.3 Å². The summed E-state index contributed by atoms with van der Waals surface area (Å²) >= 11 is 1.96. The minimum atomic E-state index is 0.769. The molecule has 0 aromatic heterocycles. The number of thioether (sulfide) groups is 1. The SMILES string of the molecule is CCN(CCCCSC)CC1CCCN1. The molecule has 1 aliphatic rings. The first-order valence-corrected chi connectivity index (χ1v) is 7.71. The summed E-state index contributed by atoms with van der Waals surface area (Å²) in [4.78, 5) is 2.60. The van der Waals surface area contributed by atoms with Crippen molar-refractivity contribution in [1.29, 1.82) is 0 Å². The third-order valence-electron chi connectivity index (χ3n) is 3.16. The minimum absolute atomic E-state index is 0.769. The van der Waals surface area contributed by atoms with E-state index in [-0.39, 0.29) is 0 Å². The van der Waals surface area contributed by atoms with E-state index in [1.807, 2.05) is 11.8 Å². The van der Waals surface area contributed by atoms with Crippen molar-refractivity contribution < 1.29 is 0 Å². The number of unbranched alkanes of at least 4 members (excludes halogenated alkanes) is 1. The number of rotatable bonds is 8. The van der Waals surface area contributed by atoms with Gasteiger partial charge in [-0.3, -0.25) is 0 Å². The Bertz CT molecular complexity index is 147. The third-order valence-corrected chi connectivity index (χ3v) is 3.86. The first kappa shape index (κ1) is 13.3. The lowest BCUT2D eigenvalue weighted by molar-refractivity contribution is 0.258. The highest BCUT2D eigenvalue weighted by Crippen LogP contribution is 2.08. The zero-order chi connectivity index (χ0) is 10.9. The second kappa shape index (κ2) is 8.43. The van der Waals surface area contributed by atoms with Crippen LogP contribution in [0.2, 0.25) is 0 Å². The van der Waals surface area contributed by atoms with E-state index >= 15 is 0 Å². The summed E-state index contributed by atoms with van der Waals surface area (Å²) in [5.74, 6) is 1.32. The Morgan fingerprint density at radius 3 is 2.87 bits per heavy atom. The van der Waals surface area contributed by atoms with Crippen molar-refractivity contribution in [3.05, 3.63) is 0 Å². The standard InChI is InChI=1S/C12H26N2S/c1-3-14(9-4-5-10-15-2)11-12-7-6-8-13-12/h12-13H,3-11H2,1-2H3. The minimum Gasteiger partial charge on any atom is -0.313 e. The molecule has 1 fully saturated rings. The Kier molecular flexibility index (Phi) is 7.49. The van der Waals surface area contributed by atoms with Gasteiger partial charge in [-0.1, -0.05) is 6.92 Å². The van der Waals surface area contributed by atoms with Crippen LogP contribution in [0.3, 0.4) is 0 Å². The third kappa shape index (κ3) is 5.79. The molecule has 0 radical (unpaired) electrons. The zero-order valence-corrected chi connectivity index (χ0v) is 11.1. The average Bonchev–Trinajstić information content (AvgIpc) is 2.75. The second-order valence-corrected chi connectivity index (χ2v) is 5.37. The van der Waals surface area contributed by atoms with Crippen molar-refractivity contribution in [1.82, 2.24) is 10.2 Å². The average molecular weight is 230 g/mol. The number of hydrogen-bond donors (Lipinski definition) is 1. The van der Waals surface area contributed by atoms with Crippen LogP contribution in [0.15, 0.2) is 0 Å². The van der Waals surface area contributed by atoms with Crippen LogP contribution in [0.4, 0.5) is 0 Å². The molecule has 1 N–H and O–H groups in total. The van der Waals surface area contributed by atoms with Gasteiger partial charge in [0.1, 0.15) is 0 Å². The van der Waals surface area contributed by atoms with Gasteiger partial charge in [0.25, 0.3) is 0 Å². The molecular weight excluding hydrogens is 204 g/mol. The lowest BCUT2D eigenvalue weighted by Gasteiger charge is -2.24. The van der Waals surface area contributed by atoms with Gasteiger partial charge in [0, 0.05) is 12.6 Å². The molecule has 15 heavy (non-hydrogen) atoms. The fraction of sp³-hybridized carbons (Fsp3) is 1.00. The maximum Gasteiger partial charge on any atom is 0.0195 e. The summed E-state index contributed by atoms with van der Waals surface area (Å²) in [6.07, 6.45) is 7.67. The molecule has 2 nitrogen and oxygen atoms in total. The smallest absolute Gasteiger partial charge is 0.0195 e. The highest BCUT2D eigenvalue weighted by atomic mass is 32.2. The summed E-state index contributed by atoms with van der Waals surface area (Å²) < 4.78 is 0. The van der Waals surface area contributed by atoms with E-state index < -0.39 is 0 Å². The highest BCUT2D eigenvalue weighted by molar-refractivity contribution is 7.98. The molecule has 1 aliphatic heterocycles. The number of nitrogens with zero attached hydrogens (tertiary/aromatic N) is 1. The van der Waals surface area contributed by atoms with Gasteiger partial charge >= 0.3 is 0 Å². The normalized spacial score (nSPS) is 21.4. The molecule has 0 spiro atoms.